The van der Waals surface area contributed by atoms with Crippen LogP contribution < -0.4 is 19.8 Å². The van der Waals surface area contributed by atoms with Crippen LogP contribution in [0.5, 0.6) is 11.5 Å². The van der Waals surface area contributed by atoms with Crippen molar-refractivity contribution < 1.29 is 18.6 Å². The number of nitrogens with zero attached hydrogens (tertiary/aromatic N) is 1. The Bertz CT molecular complexity index is 1070. The molecule has 1 aliphatic heterocycles. The standard InChI is InChI=1S/C23H25NO5S/c1-16-6-5-7-17-20(25)22(23(29-21(16)17)24-10-12-27-13-11-24)28-14-15-30-19-9-4-3-8-18(19)26-2/h3-9H,10-15H2,1-2H3. The Labute approximate surface area is 179 Å². The molecule has 3 aromatic rings. The molecule has 6 nitrogen and oxygen atoms in total. The van der Waals surface area contributed by atoms with Crippen molar-refractivity contribution in [1.29, 1.82) is 0 Å². The lowest BCUT2D eigenvalue weighted by Crippen LogP contribution is -2.37. The highest BCUT2D eigenvalue weighted by atomic mass is 32.2. The molecule has 1 saturated heterocycles. The molecular weight excluding hydrogens is 402 g/mol. The number of para-hydroxylation sites is 2. The van der Waals surface area contributed by atoms with Crippen molar-refractivity contribution in [1.82, 2.24) is 0 Å². The van der Waals surface area contributed by atoms with Gasteiger partial charge in [-0.25, -0.2) is 0 Å². The maximum atomic E-state index is 13.2. The SMILES string of the molecule is COc1ccccc1SCCOc1c(N2CCOCC2)oc2c(C)cccc2c1=O. The summed E-state index contributed by atoms with van der Waals surface area (Å²) in [6.45, 7) is 4.83. The minimum Gasteiger partial charge on any atom is -0.496 e. The second-order valence-electron chi connectivity index (χ2n) is 6.96. The number of aryl methyl sites for hydroxylation is 1. The first-order valence-corrected chi connectivity index (χ1v) is 11.0. The summed E-state index contributed by atoms with van der Waals surface area (Å²) in [7, 11) is 1.66. The van der Waals surface area contributed by atoms with Gasteiger partial charge < -0.3 is 23.5 Å². The predicted molar refractivity (Wildman–Crippen MR) is 119 cm³/mol. The molecular formula is C23H25NO5S. The largest absolute Gasteiger partial charge is 0.496 e. The molecule has 1 aromatic heterocycles. The van der Waals surface area contributed by atoms with E-state index >= 15 is 0 Å². The van der Waals surface area contributed by atoms with Crippen LogP contribution in [-0.4, -0.2) is 45.8 Å². The molecule has 0 radical (unpaired) electrons. The van der Waals surface area contributed by atoms with Crippen molar-refractivity contribution >= 4 is 28.6 Å². The van der Waals surface area contributed by atoms with E-state index in [-0.39, 0.29) is 11.2 Å². The molecule has 2 aromatic carbocycles. The highest BCUT2D eigenvalue weighted by molar-refractivity contribution is 7.99. The number of anilines is 1. The van der Waals surface area contributed by atoms with Gasteiger partial charge in [0, 0.05) is 23.7 Å². The van der Waals surface area contributed by atoms with E-state index in [0.717, 1.165) is 16.2 Å². The fourth-order valence-electron chi connectivity index (χ4n) is 3.46. The van der Waals surface area contributed by atoms with E-state index in [1.807, 2.05) is 48.2 Å². The third-order valence-corrected chi connectivity index (χ3v) is 6.03. The van der Waals surface area contributed by atoms with Gasteiger partial charge in [-0.2, -0.15) is 0 Å². The molecule has 1 fully saturated rings. The highest BCUT2D eigenvalue weighted by Gasteiger charge is 2.23. The second kappa shape index (κ2) is 9.45. The minimum absolute atomic E-state index is 0.135. The van der Waals surface area contributed by atoms with Crippen LogP contribution in [0.25, 0.3) is 11.0 Å². The molecule has 0 spiro atoms. The molecule has 0 saturated carbocycles. The number of hydrogen-bond acceptors (Lipinski definition) is 7. The molecule has 0 atom stereocenters. The fraction of sp³-hybridized carbons (Fsp3) is 0.348. The average Bonchev–Trinajstić information content (AvgIpc) is 2.79. The first kappa shape index (κ1) is 20.6. The number of morpholine rings is 1. The van der Waals surface area contributed by atoms with Crippen LogP contribution in [0, 0.1) is 6.92 Å². The van der Waals surface area contributed by atoms with E-state index in [4.69, 9.17) is 18.6 Å². The summed E-state index contributed by atoms with van der Waals surface area (Å²) in [6, 6.07) is 13.4. The van der Waals surface area contributed by atoms with Gasteiger partial charge in [0.1, 0.15) is 11.3 Å². The summed E-state index contributed by atoms with van der Waals surface area (Å²) >= 11 is 1.63. The van der Waals surface area contributed by atoms with Gasteiger partial charge in [-0.3, -0.25) is 4.79 Å². The summed E-state index contributed by atoms with van der Waals surface area (Å²) in [6.07, 6.45) is 0. The van der Waals surface area contributed by atoms with Crippen molar-refractivity contribution in [2.24, 2.45) is 0 Å². The molecule has 7 heteroatoms. The minimum atomic E-state index is -0.135. The van der Waals surface area contributed by atoms with Crippen molar-refractivity contribution in [3.63, 3.8) is 0 Å². The predicted octanol–water partition coefficient (Wildman–Crippen LogP) is 4.12. The number of hydrogen-bond donors (Lipinski definition) is 0. The first-order chi connectivity index (χ1) is 14.7. The first-order valence-electron chi connectivity index (χ1n) is 9.97. The molecule has 0 amide bonds. The Morgan fingerprint density at radius 1 is 1.10 bits per heavy atom. The molecule has 0 aliphatic carbocycles. The zero-order valence-corrected chi connectivity index (χ0v) is 18.0. The zero-order chi connectivity index (χ0) is 20.9. The molecule has 1 aliphatic rings. The number of fused-ring (bicyclic) bond motifs is 1. The third-order valence-electron chi connectivity index (χ3n) is 5.01. The topological polar surface area (TPSA) is 61.1 Å². The van der Waals surface area contributed by atoms with Gasteiger partial charge in [0.15, 0.2) is 0 Å². The number of thioether (sulfide) groups is 1. The third kappa shape index (κ3) is 4.27. The van der Waals surface area contributed by atoms with Crippen molar-refractivity contribution in [3.05, 3.63) is 58.3 Å². The normalized spacial score (nSPS) is 14.1. The molecule has 2 heterocycles. The lowest BCUT2D eigenvalue weighted by Gasteiger charge is -2.28. The Morgan fingerprint density at radius 2 is 1.90 bits per heavy atom. The Balaban J connectivity index is 1.58. The van der Waals surface area contributed by atoms with Crippen LogP contribution in [0.15, 0.2) is 56.6 Å². The number of ether oxygens (including phenoxy) is 3. The Kier molecular flexibility index (Phi) is 6.50. The van der Waals surface area contributed by atoms with Gasteiger partial charge >= 0.3 is 0 Å². The molecule has 0 unspecified atom stereocenters. The highest BCUT2D eigenvalue weighted by Crippen LogP contribution is 2.32. The van der Waals surface area contributed by atoms with Crippen molar-refractivity contribution in [3.8, 4) is 11.5 Å². The molecule has 4 rings (SSSR count). The van der Waals surface area contributed by atoms with Crippen LogP contribution >= 0.6 is 11.8 Å². The maximum Gasteiger partial charge on any atom is 0.243 e. The monoisotopic (exact) mass is 427 g/mol. The van der Waals surface area contributed by atoms with Gasteiger partial charge in [-0.15, -0.1) is 11.8 Å². The summed E-state index contributed by atoms with van der Waals surface area (Å²) in [4.78, 5) is 16.3. The van der Waals surface area contributed by atoms with Crippen LogP contribution in [0.4, 0.5) is 5.88 Å². The molecule has 0 bridgehead atoms. The van der Waals surface area contributed by atoms with E-state index in [9.17, 15) is 4.79 Å². The Hall–Kier alpha value is -2.64. The lowest BCUT2D eigenvalue weighted by molar-refractivity contribution is 0.120. The van der Waals surface area contributed by atoms with Gasteiger partial charge in [0.25, 0.3) is 0 Å². The van der Waals surface area contributed by atoms with Gasteiger partial charge in [-0.05, 0) is 30.7 Å². The van der Waals surface area contributed by atoms with Crippen LogP contribution in [0.1, 0.15) is 5.56 Å². The smallest absolute Gasteiger partial charge is 0.243 e. The molecule has 0 N–H and O–H groups in total. The van der Waals surface area contributed by atoms with Gasteiger partial charge in [0.2, 0.25) is 17.1 Å². The van der Waals surface area contributed by atoms with Gasteiger partial charge in [-0.1, -0.05) is 24.3 Å². The number of rotatable bonds is 7. The van der Waals surface area contributed by atoms with E-state index < -0.39 is 0 Å². The average molecular weight is 428 g/mol. The summed E-state index contributed by atoms with van der Waals surface area (Å²) in [5, 5.41) is 0.541. The second-order valence-corrected chi connectivity index (χ2v) is 8.10. The number of benzene rings is 2. The van der Waals surface area contributed by atoms with Crippen molar-refractivity contribution in [2.45, 2.75) is 11.8 Å². The zero-order valence-electron chi connectivity index (χ0n) is 17.2. The summed E-state index contributed by atoms with van der Waals surface area (Å²) < 4.78 is 23.1. The molecule has 158 valence electrons. The molecule has 30 heavy (non-hydrogen) atoms. The lowest BCUT2D eigenvalue weighted by atomic mass is 10.1. The van der Waals surface area contributed by atoms with Crippen LogP contribution in [0.2, 0.25) is 0 Å². The van der Waals surface area contributed by atoms with Crippen molar-refractivity contribution in [2.75, 3.05) is 50.7 Å². The summed E-state index contributed by atoms with van der Waals surface area (Å²) in [5.74, 6) is 2.27. The van der Waals surface area contributed by atoms with E-state index in [1.165, 1.54) is 0 Å². The van der Waals surface area contributed by atoms with E-state index in [2.05, 4.69) is 0 Å². The quantitative estimate of drug-likeness (QED) is 0.415. The van der Waals surface area contributed by atoms with Gasteiger partial charge in [0.05, 0.1) is 32.3 Å². The van der Waals surface area contributed by atoms with Crippen LogP contribution in [-0.2, 0) is 4.74 Å². The van der Waals surface area contributed by atoms with E-state index in [0.29, 0.717) is 55.5 Å². The van der Waals surface area contributed by atoms with E-state index in [1.54, 1.807) is 24.9 Å². The number of methoxy groups -OCH3 is 1. The van der Waals surface area contributed by atoms with Crippen LogP contribution in [0.3, 0.4) is 0 Å². The summed E-state index contributed by atoms with van der Waals surface area (Å²) in [5.41, 5.74) is 1.40. The Morgan fingerprint density at radius 3 is 2.70 bits per heavy atom. The maximum absolute atomic E-state index is 13.2. The fourth-order valence-corrected chi connectivity index (χ4v) is 4.32.